The fraction of sp³-hybridized carbons (Fsp3) is 0.333. The summed E-state index contributed by atoms with van der Waals surface area (Å²) in [4.78, 5) is 22.8. The lowest BCUT2D eigenvalue weighted by molar-refractivity contribution is -0.115. The van der Waals surface area contributed by atoms with Crippen LogP contribution in [-0.4, -0.2) is 24.1 Å². The van der Waals surface area contributed by atoms with E-state index in [0.29, 0.717) is 0 Å². The number of hydrogen-bond acceptors (Lipinski definition) is 3. The molecule has 0 aromatic carbocycles. The molecule has 0 radical (unpaired) electrons. The van der Waals surface area contributed by atoms with Crippen LogP contribution in [0.2, 0.25) is 0 Å². The largest absolute Gasteiger partial charge is 0.320 e. The summed E-state index contributed by atoms with van der Waals surface area (Å²) in [5, 5.41) is 5.23. The SMILES string of the molecule is CNCC(=O)Nc1cc(Br)cn(C)c1=O.Cl. The van der Waals surface area contributed by atoms with Gasteiger partial charge in [-0.25, -0.2) is 0 Å². The van der Waals surface area contributed by atoms with Crippen molar-refractivity contribution in [1.82, 2.24) is 9.88 Å². The highest BCUT2D eigenvalue weighted by atomic mass is 79.9. The van der Waals surface area contributed by atoms with E-state index in [2.05, 4.69) is 26.6 Å². The summed E-state index contributed by atoms with van der Waals surface area (Å²) in [6.07, 6.45) is 1.63. The predicted molar refractivity (Wildman–Crippen MR) is 69.2 cm³/mol. The predicted octanol–water partition coefficient (Wildman–Crippen LogP) is 0.727. The average Bonchev–Trinajstić information content (AvgIpc) is 2.13. The Labute approximate surface area is 108 Å². The van der Waals surface area contributed by atoms with Gasteiger partial charge in [-0.1, -0.05) is 0 Å². The zero-order valence-electron chi connectivity index (χ0n) is 8.91. The second-order valence-electron chi connectivity index (χ2n) is 3.07. The number of amides is 1. The number of likely N-dealkylation sites (N-methyl/N-ethyl adjacent to an activating group) is 1. The van der Waals surface area contributed by atoms with Gasteiger partial charge >= 0.3 is 0 Å². The summed E-state index contributed by atoms with van der Waals surface area (Å²) in [7, 11) is 3.29. The Morgan fingerprint density at radius 3 is 2.75 bits per heavy atom. The van der Waals surface area contributed by atoms with Gasteiger partial charge in [0, 0.05) is 17.7 Å². The normalized spacial score (nSPS) is 9.44. The van der Waals surface area contributed by atoms with Crippen LogP contribution in [0.4, 0.5) is 5.69 Å². The molecule has 0 saturated heterocycles. The number of rotatable bonds is 3. The maximum absolute atomic E-state index is 11.6. The van der Waals surface area contributed by atoms with E-state index in [0.717, 1.165) is 4.47 Å². The van der Waals surface area contributed by atoms with Crippen molar-refractivity contribution in [2.24, 2.45) is 7.05 Å². The minimum absolute atomic E-state index is 0. The molecule has 1 aromatic heterocycles. The Morgan fingerprint density at radius 2 is 2.19 bits per heavy atom. The minimum Gasteiger partial charge on any atom is -0.320 e. The van der Waals surface area contributed by atoms with Crippen molar-refractivity contribution >= 4 is 39.9 Å². The third kappa shape index (κ3) is 3.96. The topological polar surface area (TPSA) is 63.1 Å². The highest BCUT2D eigenvalue weighted by Crippen LogP contribution is 2.11. The van der Waals surface area contributed by atoms with E-state index >= 15 is 0 Å². The van der Waals surface area contributed by atoms with Gasteiger partial charge in [0.25, 0.3) is 5.56 Å². The van der Waals surface area contributed by atoms with E-state index in [1.54, 1.807) is 26.4 Å². The van der Waals surface area contributed by atoms with Gasteiger partial charge in [0.15, 0.2) is 0 Å². The monoisotopic (exact) mass is 309 g/mol. The van der Waals surface area contributed by atoms with Gasteiger partial charge in [0.2, 0.25) is 5.91 Å². The molecule has 1 amide bonds. The number of hydrogen-bond donors (Lipinski definition) is 2. The molecule has 0 fully saturated rings. The molecule has 0 aliphatic rings. The van der Waals surface area contributed by atoms with Crippen molar-refractivity contribution < 1.29 is 4.79 Å². The van der Waals surface area contributed by atoms with Gasteiger partial charge in [0.1, 0.15) is 5.69 Å². The van der Waals surface area contributed by atoms with Crippen LogP contribution in [0.15, 0.2) is 21.5 Å². The quantitative estimate of drug-likeness (QED) is 0.865. The van der Waals surface area contributed by atoms with Gasteiger partial charge in [-0.15, -0.1) is 12.4 Å². The van der Waals surface area contributed by atoms with E-state index in [9.17, 15) is 9.59 Å². The molecule has 90 valence electrons. The Bertz CT molecular complexity index is 433. The number of carbonyl (C=O) groups excluding carboxylic acids is 1. The molecule has 5 nitrogen and oxygen atoms in total. The zero-order chi connectivity index (χ0) is 11.4. The molecule has 0 atom stereocenters. The Hall–Kier alpha value is -0.850. The second kappa shape index (κ2) is 6.67. The van der Waals surface area contributed by atoms with Crippen LogP contribution in [0.3, 0.4) is 0 Å². The number of pyridine rings is 1. The van der Waals surface area contributed by atoms with E-state index in [-0.39, 0.29) is 36.1 Å². The highest BCUT2D eigenvalue weighted by molar-refractivity contribution is 9.10. The zero-order valence-corrected chi connectivity index (χ0v) is 11.3. The molecule has 1 aromatic rings. The number of anilines is 1. The molecule has 1 rings (SSSR count). The molecular weight excluding hydrogens is 297 g/mol. The number of nitrogens with zero attached hydrogens (tertiary/aromatic N) is 1. The van der Waals surface area contributed by atoms with Crippen molar-refractivity contribution in [3.63, 3.8) is 0 Å². The van der Waals surface area contributed by atoms with Gasteiger partial charge in [0.05, 0.1) is 6.54 Å². The van der Waals surface area contributed by atoms with Gasteiger partial charge < -0.3 is 15.2 Å². The summed E-state index contributed by atoms with van der Waals surface area (Å²) < 4.78 is 2.14. The highest BCUT2D eigenvalue weighted by Gasteiger charge is 2.06. The van der Waals surface area contributed by atoms with Crippen molar-refractivity contribution in [2.75, 3.05) is 18.9 Å². The molecule has 0 bridgehead atoms. The van der Waals surface area contributed by atoms with Gasteiger partial charge in [-0.2, -0.15) is 0 Å². The summed E-state index contributed by atoms with van der Waals surface area (Å²) in [6.45, 7) is 0.176. The second-order valence-corrected chi connectivity index (χ2v) is 3.98. The molecule has 16 heavy (non-hydrogen) atoms. The summed E-state index contributed by atoms with van der Waals surface area (Å²) in [5.74, 6) is -0.243. The van der Waals surface area contributed by atoms with Crippen LogP contribution >= 0.6 is 28.3 Å². The maximum atomic E-state index is 11.6. The third-order valence-corrected chi connectivity index (χ3v) is 2.20. The maximum Gasteiger partial charge on any atom is 0.274 e. The van der Waals surface area contributed by atoms with Crippen LogP contribution in [0.25, 0.3) is 0 Å². The fourth-order valence-electron chi connectivity index (χ4n) is 1.12. The lowest BCUT2D eigenvalue weighted by Gasteiger charge is -2.06. The standard InChI is InChI=1S/C9H12BrN3O2.ClH/c1-11-4-8(14)12-7-3-6(10)5-13(2)9(7)15;/h3,5,11H,4H2,1-2H3,(H,12,14);1H. The number of nitrogens with one attached hydrogen (secondary N) is 2. The van der Waals surface area contributed by atoms with Gasteiger partial charge in [-0.05, 0) is 29.0 Å². The average molecular weight is 311 g/mol. The number of halogens is 2. The van der Waals surface area contributed by atoms with Crippen LogP contribution in [0, 0.1) is 0 Å². The van der Waals surface area contributed by atoms with Crippen LogP contribution in [0.5, 0.6) is 0 Å². The number of carbonyl (C=O) groups is 1. The molecule has 0 aliphatic heterocycles. The summed E-state index contributed by atoms with van der Waals surface area (Å²) in [5.41, 5.74) is 0.0368. The van der Waals surface area contributed by atoms with E-state index in [4.69, 9.17) is 0 Å². The lowest BCUT2D eigenvalue weighted by Crippen LogP contribution is -2.29. The molecule has 7 heteroatoms. The van der Waals surface area contributed by atoms with Crippen LogP contribution < -0.4 is 16.2 Å². The molecule has 0 saturated carbocycles. The Morgan fingerprint density at radius 1 is 1.56 bits per heavy atom. The van der Waals surface area contributed by atoms with Crippen molar-refractivity contribution in [3.05, 3.63) is 27.1 Å². The number of aryl methyl sites for hydroxylation is 1. The first-order valence-electron chi connectivity index (χ1n) is 4.35. The fourth-order valence-corrected chi connectivity index (χ4v) is 1.65. The Kier molecular flexibility index (Phi) is 6.32. The molecule has 0 spiro atoms. The van der Waals surface area contributed by atoms with E-state index < -0.39 is 0 Å². The molecular formula is C9H13BrClN3O2. The van der Waals surface area contributed by atoms with Gasteiger partial charge in [-0.3, -0.25) is 9.59 Å². The van der Waals surface area contributed by atoms with Crippen molar-refractivity contribution in [3.8, 4) is 0 Å². The van der Waals surface area contributed by atoms with Crippen molar-refractivity contribution in [2.45, 2.75) is 0 Å². The van der Waals surface area contributed by atoms with Crippen LogP contribution in [0.1, 0.15) is 0 Å². The molecule has 2 N–H and O–H groups in total. The van der Waals surface area contributed by atoms with Crippen molar-refractivity contribution in [1.29, 1.82) is 0 Å². The number of aromatic nitrogens is 1. The molecule has 1 heterocycles. The summed E-state index contributed by atoms with van der Waals surface area (Å²) >= 11 is 3.25. The first kappa shape index (κ1) is 15.2. The lowest BCUT2D eigenvalue weighted by atomic mass is 10.4. The minimum atomic E-state index is -0.243. The summed E-state index contributed by atoms with van der Waals surface area (Å²) in [6, 6.07) is 1.58. The van der Waals surface area contributed by atoms with Crippen LogP contribution in [-0.2, 0) is 11.8 Å². The first-order chi connectivity index (χ1) is 7.04. The Balaban J connectivity index is 0.00000225. The van der Waals surface area contributed by atoms with E-state index in [1.165, 1.54) is 4.57 Å². The third-order valence-electron chi connectivity index (χ3n) is 1.76. The van der Waals surface area contributed by atoms with E-state index in [1.807, 2.05) is 0 Å². The first-order valence-corrected chi connectivity index (χ1v) is 5.14. The molecule has 0 aliphatic carbocycles. The smallest absolute Gasteiger partial charge is 0.274 e. The molecule has 0 unspecified atom stereocenters.